The van der Waals surface area contributed by atoms with Crippen LogP contribution < -0.4 is 16.0 Å². The summed E-state index contributed by atoms with van der Waals surface area (Å²) in [5, 5.41) is 3.11. The molecule has 1 heterocycles. The number of hydrogen-bond acceptors (Lipinski definition) is 2. The van der Waals surface area contributed by atoms with Crippen molar-refractivity contribution in [1.82, 2.24) is 5.32 Å². The first kappa shape index (κ1) is 17.1. The lowest BCUT2D eigenvalue weighted by molar-refractivity contribution is 0.670. The third kappa shape index (κ3) is 4.26. The molecule has 0 amide bonds. The second-order valence-electron chi connectivity index (χ2n) is 5.44. The Morgan fingerprint density at radius 2 is 2.15 bits per heavy atom. The first-order valence-electron chi connectivity index (χ1n) is 6.99. The van der Waals surface area contributed by atoms with Gasteiger partial charge >= 0.3 is 0 Å². The number of anilines is 1. The highest BCUT2D eigenvalue weighted by Crippen LogP contribution is 2.31. The fourth-order valence-electron chi connectivity index (χ4n) is 2.59. The predicted octanol–water partition coefficient (Wildman–Crippen LogP) is 2.37. The largest absolute Gasteiger partial charge is 0.370 e. The zero-order chi connectivity index (χ0) is 13.8. The molecule has 1 unspecified atom stereocenters. The van der Waals surface area contributed by atoms with Crippen molar-refractivity contribution in [1.29, 1.82) is 0 Å². The van der Waals surface area contributed by atoms with Crippen molar-refractivity contribution in [3.8, 4) is 0 Å². The van der Waals surface area contributed by atoms with Gasteiger partial charge in [0.1, 0.15) is 0 Å². The highest BCUT2D eigenvalue weighted by molar-refractivity contribution is 14.0. The third-order valence-electron chi connectivity index (χ3n) is 3.41. The molecule has 1 atom stereocenters. The molecular formula is C15H25IN4. The topological polar surface area (TPSA) is 53.6 Å². The quantitative estimate of drug-likeness (QED) is 0.473. The van der Waals surface area contributed by atoms with Crippen molar-refractivity contribution >= 4 is 35.6 Å². The summed E-state index contributed by atoms with van der Waals surface area (Å²) in [5.41, 5.74) is 8.59. The van der Waals surface area contributed by atoms with Crippen molar-refractivity contribution in [3.05, 3.63) is 29.8 Å². The van der Waals surface area contributed by atoms with Crippen molar-refractivity contribution in [2.24, 2.45) is 10.7 Å². The lowest BCUT2D eigenvalue weighted by Gasteiger charge is -2.24. The standard InChI is InChI=1S/C15H24N4.HI/c1-11(2)18-15(16)17-8-9-19-12(3)10-13-6-4-5-7-14(13)19;/h4-7,11-12H,8-10H2,1-3H3,(H3,16,17,18);1H. The minimum Gasteiger partial charge on any atom is -0.370 e. The molecule has 2 rings (SSSR count). The van der Waals surface area contributed by atoms with E-state index in [1.165, 1.54) is 11.3 Å². The zero-order valence-corrected chi connectivity index (χ0v) is 14.8. The van der Waals surface area contributed by atoms with Crippen LogP contribution in [0.25, 0.3) is 0 Å². The molecule has 0 fully saturated rings. The van der Waals surface area contributed by atoms with E-state index in [9.17, 15) is 0 Å². The highest BCUT2D eigenvalue weighted by atomic mass is 127. The van der Waals surface area contributed by atoms with E-state index in [1.807, 2.05) is 0 Å². The Labute approximate surface area is 138 Å². The number of hydrogen-bond donors (Lipinski definition) is 2. The Morgan fingerprint density at radius 1 is 1.45 bits per heavy atom. The lowest BCUT2D eigenvalue weighted by Crippen LogP contribution is -2.38. The maximum absolute atomic E-state index is 5.81. The minimum absolute atomic E-state index is 0. The van der Waals surface area contributed by atoms with Crippen LogP contribution >= 0.6 is 24.0 Å². The number of nitrogens with one attached hydrogen (secondary N) is 1. The summed E-state index contributed by atoms with van der Waals surface area (Å²) in [4.78, 5) is 6.79. The van der Waals surface area contributed by atoms with E-state index >= 15 is 0 Å². The van der Waals surface area contributed by atoms with E-state index in [0.29, 0.717) is 18.0 Å². The van der Waals surface area contributed by atoms with Crippen LogP contribution in [0.1, 0.15) is 26.3 Å². The van der Waals surface area contributed by atoms with E-state index in [1.54, 1.807) is 0 Å². The van der Waals surface area contributed by atoms with E-state index in [0.717, 1.165) is 19.5 Å². The van der Waals surface area contributed by atoms with E-state index in [2.05, 4.69) is 60.2 Å². The van der Waals surface area contributed by atoms with Crippen molar-refractivity contribution in [2.45, 2.75) is 39.3 Å². The summed E-state index contributed by atoms with van der Waals surface area (Å²) >= 11 is 0. The molecular weight excluding hydrogens is 363 g/mol. The molecule has 0 saturated carbocycles. The van der Waals surface area contributed by atoms with Gasteiger partial charge in [0.2, 0.25) is 0 Å². The first-order valence-corrected chi connectivity index (χ1v) is 6.99. The number of guanidine groups is 1. The van der Waals surface area contributed by atoms with Crippen LogP contribution in [0, 0.1) is 0 Å². The summed E-state index contributed by atoms with van der Waals surface area (Å²) in [5.74, 6) is 0.537. The van der Waals surface area contributed by atoms with Crippen LogP contribution in [0.15, 0.2) is 29.3 Å². The zero-order valence-electron chi connectivity index (χ0n) is 12.5. The molecule has 5 heteroatoms. The predicted molar refractivity (Wildman–Crippen MR) is 97.1 cm³/mol. The minimum atomic E-state index is 0. The van der Waals surface area contributed by atoms with Gasteiger partial charge in [-0.2, -0.15) is 0 Å². The molecule has 0 radical (unpaired) electrons. The Morgan fingerprint density at radius 3 is 2.85 bits per heavy atom. The Bertz CT molecular complexity index is 459. The van der Waals surface area contributed by atoms with Gasteiger partial charge in [0, 0.05) is 24.3 Å². The second-order valence-corrected chi connectivity index (χ2v) is 5.44. The van der Waals surface area contributed by atoms with Crippen LogP contribution in [0.4, 0.5) is 5.69 Å². The van der Waals surface area contributed by atoms with Crippen molar-refractivity contribution in [2.75, 3.05) is 18.0 Å². The molecule has 1 aliphatic heterocycles. The van der Waals surface area contributed by atoms with Gasteiger partial charge in [0.05, 0.1) is 6.54 Å². The van der Waals surface area contributed by atoms with Crippen LogP contribution in [-0.2, 0) is 6.42 Å². The van der Waals surface area contributed by atoms with Gasteiger partial charge in [-0.3, -0.25) is 4.99 Å². The van der Waals surface area contributed by atoms with Crippen molar-refractivity contribution in [3.63, 3.8) is 0 Å². The molecule has 0 aliphatic carbocycles. The Balaban J connectivity index is 0.00000200. The number of rotatable bonds is 4. The highest BCUT2D eigenvalue weighted by Gasteiger charge is 2.24. The molecule has 1 aliphatic rings. The third-order valence-corrected chi connectivity index (χ3v) is 3.41. The molecule has 20 heavy (non-hydrogen) atoms. The molecule has 0 saturated heterocycles. The number of fused-ring (bicyclic) bond motifs is 1. The van der Waals surface area contributed by atoms with Gasteiger partial charge < -0.3 is 16.0 Å². The fraction of sp³-hybridized carbons (Fsp3) is 0.533. The van der Waals surface area contributed by atoms with Crippen LogP contribution in [0.5, 0.6) is 0 Å². The maximum Gasteiger partial charge on any atom is 0.188 e. The Kier molecular flexibility index (Phi) is 6.58. The molecule has 0 bridgehead atoms. The molecule has 1 aromatic rings. The van der Waals surface area contributed by atoms with Gasteiger partial charge in [0.25, 0.3) is 0 Å². The molecule has 3 N–H and O–H groups in total. The van der Waals surface area contributed by atoms with Gasteiger partial charge in [0.15, 0.2) is 5.96 Å². The van der Waals surface area contributed by atoms with Crippen LogP contribution in [0.2, 0.25) is 0 Å². The summed E-state index contributed by atoms with van der Waals surface area (Å²) < 4.78 is 0. The fourth-order valence-corrected chi connectivity index (χ4v) is 2.59. The molecule has 0 aromatic heterocycles. The number of benzene rings is 1. The summed E-state index contributed by atoms with van der Waals surface area (Å²) in [6, 6.07) is 9.49. The average Bonchev–Trinajstić information content (AvgIpc) is 2.65. The monoisotopic (exact) mass is 388 g/mol. The maximum atomic E-state index is 5.81. The SMILES string of the molecule is CC(C)NC(N)=NCCN1c2ccccc2CC1C.I. The second kappa shape index (κ2) is 7.71. The lowest BCUT2D eigenvalue weighted by atomic mass is 10.1. The van der Waals surface area contributed by atoms with Crippen LogP contribution in [0.3, 0.4) is 0 Å². The normalized spacial score (nSPS) is 17.9. The molecule has 0 spiro atoms. The summed E-state index contributed by atoms with van der Waals surface area (Å²) in [7, 11) is 0. The van der Waals surface area contributed by atoms with E-state index < -0.39 is 0 Å². The molecule has 1 aromatic carbocycles. The number of aliphatic imine (C=N–C) groups is 1. The smallest absolute Gasteiger partial charge is 0.188 e. The number of nitrogens with zero attached hydrogens (tertiary/aromatic N) is 2. The number of halogens is 1. The first-order chi connectivity index (χ1) is 9.08. The number of nitrogens with two attached hydrogens (primary N) is 1. The molecule has 112 valence electrons. The average molecular weight is 388 g/mol. The van der Waals surface area contributed by atoms with Gasteiger partial charge in [-0.1, -0.05) is 18.2 Å². The van der Waals surface area contributed by atoms with E-state index in [4.69, 9.17) is 5.73 Å². The van der Waals surface area contributed by atoms with Crippen LogP contribution in [-0.4, -0.2) is 31.1 Å². The van der Waals surface area contributed by atoms with Gasteiger partial charge in [-0.25, -0.2) is 0 Å². The van der Waals surface area contributed by atoms with E-state index in [-0.39, 0.29) is 24.0 Å². The summed E-state index contributed by atoms with van der Waals surface area (Å²) in [6.07, 6.45) is 1.12. The van der Waals surface area contributed by atoms with Crippen molar-refractivity contribution < 1.29 is 0 Å². The Hall–Kier alpha value is -0.980. The number of para-hydroxylation sites is 1. The van der Waals surface area contributed by atoms with Gasteiger partial charge in [-0.05, 0) is 38.8 Å². The van der Waals surface area contributed by atoms with Gasteiger partial charge in [-0.15, -0.1) is 24.0 Å². The summed E-state index contributed by atoms with van der Waals surface area (Å²) in [6.45, 7) is 8.02. The molecule has 4 nitrogen and oxygen atoms in total.